The Kier molecular flexibility index (Phi) is 3.65. The van der Waals surface area contributed by atoms with E-state index in [9.17, 15) is 4.39 Å². The smallest absolute Gasteiger partial charge is 0.223 e. The molecular weight excluding hydrogens is 311 g/mol. The van der Waals surface area contributed by atoms with Crippen molar-refractivity contribution in [3.05, 3.63) is 40.0 Å². The standard InChI is InChI=1S/C14H12ClFN4S/c1-2-7-6-8-12(19-14(17)20-13(8)21-7)18-10-5-3-4-9(15)11(10)16/h3-6H,2H2,1H3,(H3,17,18,19,20). The molecule has 2 heterocycles. The van der Waals surface area contributed by atoms with E-state index in [4.69, 9.17) is 17.3 Å². The fourth-order valence-electron chi connectivity index (χ4n) is 1.99. The quantitative estimate of drug-likeness (QED) is 0.751. The lowest BCUT2D eigenvalue weighted by Crippen LogP contribution is -2.01. The molecular formula is C14H12ClFN4S. The van der Waals surface area contributed by atoms with Crippen LogP contribution in [0.2, 0.25) is 5.02 Å². The molecule has 0 fully saturated rings. The number of aryl methyl sites for hydroxylation is 1. The average Bonchev–Trinajstić information content (AvgIpc) is 2.87. The van der Waals surface area contributed by atoms with Crippen molar-refractivity contribution in [3.63, 3.8) is 0 Å². The zero-order valence-electron chi connectivity index (χ0n) is 11.2. The lowest BCUT2D eigenvalue weighted by molar-refractivity contribution is 0.632. The maximum absolute atomic E-state index is 14.0. The second-order valence-electron chi connectivity index (χ2n) is 4.44. The molecule has 3 aromatic rings. The average molecular weight is 323 g/mol. The number of nitrogens with two attached hydrogens (primary N) is 1. The third kappa shape index (κ3) is 2.64. The summed E-state index contributed by atoms with van der Waals surface area (Å²) in [4.78, 5) is 10.3. The number of aromatic nitrogens is 2. The highest BCUT2D eigenvalue weighted by molar-refractivity contribution is 7.18. The molecule has 1 aromatic carbocycles. The number of nitrogens with one attached hydrogen (secondary N) is 1. The first-order valence-corrected chi connectivity index (χ1v) is 7.55. The number of halogens is 2. The maximum atomic E-state index is 14.0. The van der Waals surface area contributed by atoms with Gasteiger partial charge in [0.15, 0.2) is 5.82 Å². The highest BCUT2D eigenvalue weighted by atomic mass is 35.5. The van der Waals surface area contributed by atoms with Gasteiger partial charge in [-0.25, -0.2) is 9.37 Å². The minimum absolute atomic E-state index is 0.0536. The molecule has 0 atom stereocenters. The Bertz CT molecular complexity index is 818. The van der Waals surface area contributed by atoms with Gasteiger partial charge in [0, 0.05) is 4.88 Å². The predicted molar refractivity (Wildman–Crippen MR) is 85.9 cm³/mol. The van der Waals surface area contributed by atoms with Crippen molar-refractivity contribution >= 4 is 50.6 Å². The number of hydrogen-bond acceptors (Lipinski definition) is 5. The van der Waals surface area contributed by atoms with Crippen molar-refractivity contribution in [2.24, 2.45) is 0 Å². The molecule has 7 heteroatoms. The molecule has 0 saturated heterocycles. The van der Waals surface area contributed by atoms with Crippen LogP contribution in [0.15, 0.2) is 24.3 Å². The van der Waals surface area contributed by atoms with Gasteiger partial charge in [0.05, 0.1) is 16.1 Å². The van der Waals surface area contributed by atoms with E-state index in [0.717, 1.165) is 16.6 Å². The van der Waals surface area contributed by atoms with Gasteiger partial charge >= 0.3 is 0 Å². The van der Waals surface area contributed by atoms with Crippen LogP contribution >= 0.6 is 22.9 Å². The Morgan fingerprint density at radius 2 is 2.19 bits per heavy atom. The van der Waals surface area contributed by atoms with Gasteiger partial charge in [0.25, 0.3) is 0 Å². The second kappa shape index (κ2) is 5.46. The molecule has 21 heavy (non-hydrogen) atoms. The molecule has 0 bridgehead atoms. The van der Waals surface area contributed by atoms with Crippen LogP contribution in [0.4, 0.5) is 21.8 Å². The monoisotopic (exact) mass is 322 g/mol. The van der Waals surface area contributed by atoms with Gasteiger partial charge in [-0.1, -0.05) is 24.6 Å². The Morgan fingerprint density at radius 1 is 1.38 bits per heavy atom. The Balaban J connectivity index is 2.11. The van der Waals surface area contributed by atoms with Crippen LogP contribution in [0.1, 0.15) is 11.8 Å². The highest BCUT2D eigenvalue weighted by Crippen LogP contribution is 2.32. The third-order valence-corrected chi connectivity index (χ3v) is 4.48. The Hall–Kier alpha value is -1.92. The molecule has 0 aliphatic heterocycles. The van der Waals surface area contributed by atoms with E-state index >= 15 is 0 Å². The van der Waals surface area contributed by atoms with Crippen molar-refractivity contribution < 1.29 is 4.39 Å². The van der Waals surface area contributed by atoms with Crippen molar-refractivity contribution in [3.8, 4) is 0 Å². The molecule has 4 nitrogen and oxygen atoms in total. The van der Waals surface area contributed by atoms with Crippen molar-refractivity contribution in [2.75, 3.05) is 11.1 Å². The van der Waals surface area contributed by atoms with Gasteiger partial charge in [0.1, 0.15) is 10.6 Å². The van der Waals surface area contributed by atoms with E-state index in [-0.39, 0.29) is 16.7 Å². The molecule has 3 rings (SSSR count). The van der Waals surface area contributed by atoms with Crippen molar-refractivity contribution in [1.29, 1.82) is 0 Å². The highest BCUT2D eigenvalue weighted by Gasteiger charge is 2.13. The SMILES string of the molecule is CCc1cc2c(Nc3cccc(Cl)c3F)nc(N)nc2s1. The van der Waals surface area contributed by atoms with Crippen LogP contribution in [0.3, 0.4) is 0 Å². The number of benzene rings is 1. The number of nitrogens with zero attached hydrogens (tertiary/aromatic N) is 2. The van der Waals surface area contributed by atoms with Crippen molar-refractivity contribution in [2.45, 2.75) is 13.3 Å². The van der Waals surface area contributed by atoms with Crippen molar-refractivity contribution in [1.82, 2.24) is 9.97 Å². The summed E-state index contributed by atoms with van der Waals surface area (Å²) in [6, 6.07) is 6.75. The second-order valence-corrected chi connectivity index (χ2v) is 5.96. The molecule has 0 radical (unpaired) electrons. The van der Waals surface area contributed by atoms with E-state index in [1.165, 1.54) is 10.9 Å². The molecule has 108 valence electrons. The molecule has 3 N–H and O–H groups in total. The van der Waals surface area contributed by atoms with Gasteiger partial charge in [-0.2, -0.15) is 4.98 Å². The lowest BCUT2D eigenvalue weighted by Gasteiger charge is -2.09. The van der Waals surface area contributed by atoms with E-state index in [1.54, 1.807) is 23.5 Å². The zero-order valence-corrected chi connectivity index (χ0v) is 12.7. The third-order valence-electron chi connectivity index (χ3n) is 3.01. The number of rotatable bonds is 3. The normalized spacial score (nSPS) is 11.0. The first-order chi connectivity index (χ1) is 10.1. The summed E-state index contributed by atoms with van der Waals surface area (Å²) in [6.07, 6.45) is 0.895. The van der Waals surface area contributed by atoms with Crippen LogP contribution in [-0.4, -0.2) is 9.97 Å². The fraction of sp³-hybridized carbons (Fsp3) is 0.143. The first kappa shape index (κ1) is 14.0. The maximum Gasteiger partial charge on any atom is 0.223 e. The van der Waals surface area contributed by atoms with Crippen LogP contribution in [0.25, 0.3) is 10.2 Å². The van der Waals surface area contributed by atoms with Gasteiger partial charge in [0.2, 0.25) is 5.95 Å². The van der Waals surface area contributed by atoms with Gasteiger partial charge in [-0.15, -0.1) is 11.3 Å². The molecule has 0 saturated carbocycles. The summed E-state index contributed by atoms with van der Waals surface area (Å²) >= 11 is 7.34. The predicted octanol–water partition coefficient (Wildman–Crippen LogP) is 4.37. The summed E-state index contributed by atoms with van der Waals surface area (Å²) in [5.41, 5.74) is 5.98. The van der Waals surface area contributed by atoms with Gasteiger partial charge in [-0.05, 0) is 24.6 Å². The number of anilines is 3. The van der Waals surface area contributed by atoms with Gasteiger partial charge in [-0.3, -0.25) is 0 Å². The lowest BCUT2D eigenvalue weighted by atomic mass is 10.2. The fourth-order valence-corrected chi connectivity index (χ4v) is 3.13. The zero-order chi connectivity index (χ0) is 15.0. The Morgan fingerprint density at radius 3 is 2.95 bits per heavy atom. The Labute approximate surface area is 129 Å². The van der Waals surface area contributed by atoms with E-state index < -0.39 is 5.82 Å². The van der Waals surface area contributed by atoms with E-state index in [1.807, 2.05) is 6.07 Å². The number of nitrogen functional groups attached to an aromatic ring is 1. The van der Waals surface area contributed by atoms with Gasteiger partial charge < -0.3 is 11.1 Å². The summed E-state index contributed by atoms with van der Waals surface area (Å²) in [7, 11) is 0. The molecule has 2 aromatic heterocycles. The van der Waals surface area contributed by atoms with Crippen LogP contribution in [-0.2, 0) is 6.42 Å². The summed E-state index contributed by atoms with van der Waals surface area (Å²) in [6.45, 7) is 2.06. The molecule has 0 amide bonds. The summed E-state index contributed by atoms with van der Waals surface area (Å²) in [5, 5.41) is 3.83. The summed E-state index contributed by atoms with van der Waals surface area (Å²) in [5.74, 6) is 0.113. The molecule has 0 aliphatic carbocycles. The van der Waals surface area contributed by atoms with E-state index in [2.05, 4.69) is 22.2 Å². The van der Waals surface area contributed by atoms with Crippen LogP contribution in [0.5, 0.6) is 0 Å². The van der Waals surface area contributed by atoms with Crippen LogP contribution in [0, 0.1) is 5.82 Å². The minimum Gasteiger partial charge on any atom is -0.368 e. The number of fused-ring (bicyclic) bond motifs is 1. The largest absolute Gasteiger partial charge is 0.368 e. The number of thiophene rings is 1. The minimum atomic E-state index is -0.518. The topological polar surface area (TPSA) is 63.8 Å². The van der Waals surface area contributed by atoms with E-state index in [0.29, 0.717) is 5.82 Å². The molecule has 0 unspecified atom stereocenters. The molecule has 0 aliphatic rings. The van der Waals surface area contributed by atoms with Crippen LogP contribution < -0.4 is 11.1 Å². The number of hydrogen-bond donors (Lipinski definition) is 2. The summed E-state index contributed by atoms with van der Waals surface area (Å²) < 4.78 is 14.0. The molecule has 0 spiro atoms. The first-order valence-electron chi connectivity index (χ1n) is 6.35.